The molecule has 0 unspecified atom stereocenters. The second-order valence-electron chi connectivity index (χ2n) is 10.6. The molecule has 2 aromatic rings. The lowest BCUT2D eigenvalue weighted by Gasteiger charge is -2.34. The van der Waals surface area contributed by atoms with Crippen LogP contribution in [-0.4, -0.2) is 41.8 Å². The van der Waals surface area contributed by atoms with E-state index in [1.54, 1.807) is 35.2 Å². The highest BCUT2D eigenvalue weighted by Crippen LogP contribution is 2.31. The van der Waals surface area contributed by atoms with E-state index in [9.17, 15) is 22.8 Å². The zero-order chi connectivity index (χ0) is 28.4. The minimum Gasteiger partial charge on any atom is -0.444 e. The first-order chi connectivity index (χ1) is 18.3. The quantitative estimate of drug-likeness (QED) is 0.480. The van der Waals surface area contributed by atoms with Gasteiger partial charge in [-0.2, -0.15) is 13.2 Å². The Bertz CT molecular complexity index is 1300. The average Bonchev–Trinajstić information content (AvgIpc) is 2.88. The van der Waals surface area contributed by atoms with Crippen molar-refractivity contribution in [3.05, 3.63) is 77.3 Å². The highest BCUT2D eigenvalue weighted by molar-refractivity contribution is 6.10. The molecule has 0 atom stereocenters. The number of hydrogen-bond donors (Lipinski definition) is 3. The summed E-state index contributed by atoms with van der Waals surface area (Å²) in [5, 5.41) is 12.7. The van der Waals surface area contributed by atoms with Crippen molar-refractivity contribution in [2.45, 2.75) is 45.4 Å². The Balaban J connectivity index is 1.47. The number of allylic oxidation sites excluding steroid dienone is 2. The monoisotopic (exact) mass is 541 g/mol. The molecule has 0 aliphatic carbocycles. The van der Waals surface area contributed by atoms with Gasteiger partial charge < -0.3 is 15.0 Å². The number of halogens is 3. The number of carbonyl (C=O) groups excluding carboxylic acids is 2. The van der Waals surface area contributed by atoms with Crippen LogP contribution in [0, 0.1) is 11.3 Å². The van der Waals surface area contributed by atoms with Gasteiger partial charge in [-0.05, 0) is 62.4 Å². The molecule has 2 amide bonds. The number of benzene rings is 2. The molecular weight excluding hydrogens is 509 g/mol. The largest absolute Gasteiger partial charge is 0.444 e. The van der Waals surface area contributed by atoms with E-state index in [1.807, 2.05) is 26.1 Å². The molecule has 2 aliphatic heterocycles. The number of likely N-dealkylation sites (tertiary alicyclic amines) is 1. The fourth-order valence-corrected chi connectivity index (χ4v) is 4.68. The summed E-state index contributed by atoms with van der Waals surface area (Å²) in [4.78, 5) is 26.6. The maximum absolute atomic E-state index is 12.9. The molecule has 0 spiro atoms. The Morgan fingerprint density at radius 1 is 1.03 bits per heavy atom. The number of hydrogen-bond acceptors (Lipinski definition) is 4. The zero-order valence-corrected chi connectivity index (χ0v) is 22.1. The Kier molecular flexibility index (Phi) is 7.96. The van der Waals surface area contributed by atoms with Crippen LogP contribution in [0.3, 0.4) is 0 Å². The fraction of sp³-hybridized carbons (Fsp3) is 0.345. The van der Waals surface area contributed by atoms with Gasteiger partial charge in [0.1, 0.15) is 11.3 Å². The Morgan fingerprint density at radius 2 is 1.59 bits per heavy atom. The molecule has 0 aromatic heterocycles. The molecule has 10 heteroatoms. The summed E-state index contributed by atoms with van der Waals surface area (Å²) in [6.45, 7) is 6.53. The second kappa shape index (κ2) is 11.1. The van der Waals surface area contributed by atoms with Crippen LogP contribution in [0.1, 0.15) is 44.7 Å². The van der Waals surface area contributed by atoms with Gasteiger partial charge in [0.25, 0.3) is 5.91 Å². The number of carbonyl (C=O) groups is 2. The van der Waals surface area contributed by atoms with E-state index in [-0.39, 0.29) is 17.9 Å². The normalized spacial score (nSPS) is 18.3. The Morgan fingerprint density at radius 3 is 2.10 bits per heavy atom. The molecule has 4 N–H and O–H groups in total. The van der Waals surface area contributed by atoms with Crippen LogP contribution in [0.5, 0.6) is 0 Å². The van der Waals surface area contributed by atoms with Gasteiger partial charge in [0, 0.05) is 25.2 Å². The minimum atomic E-state index is -4.39. The fourth-order valence-electron chi connectivity index (χ4n) is 4.68. The van der Waals surface area contributed by atoms with Crippen molar-refractivity contribution in [2.75, 3.05) is 13.1 Å². The topological polar surface area (TPSA) is 99.1 Å². The molecule has 1 fully saturated rings. The second-order valence-corrected chi connectivity index (χ2v) is 10.6. The maximum atomic E-state index is 12.9. The predicted octanol–water partition coefficient (Wildman–Crippen LogP) is 4.91. The third-order valence-corrected chi connectivity index (χ3v) is 6.66. The lowest BCUT2D eigenvalue weighted by atomic mass is 9.92. The van der Waals surface area contributed by atoms with Crippen LogP contribution in [0.2, 0.25) is 0 Å². The third-order valence-electron chi connectivity index (χ3n) is 6.66. The number of alkyl halides is 3. The van der Waals surface area contributed by atoms with Gasteiger partial charge in [0.2, 0.25) is 5.82 Å². The Labute approximate surface area is 225 Å². The van der Waals surface area contributed by atoms with Crippen molar-refractivity contribution < 1.29 is 32.8 Å². The summed E-state index contributed by atoms with van der Waals surface area (Å²) < 4.78 is 44.1. The van der Waals surface area contributed by atoms with Crippen molar-refractivity contribution in [2.24, 2.45) is 5.92 Å². The zero-order valence-electron chi connectivity index (χ0n) is 22.1. The van der Waals surface area contributed by atoms with Crippen LogP contribution in [0.4, 0.5) is 18.0 Å². The molecule has 0 radical (unpaired) electrons. The number of rotatable bonds is 4. The molecule has 39 heavy (non-hydrogen) atoms. The van der Waals surface area contributed by atoms with Gasteiger partial charge >= 0.3 is 12.3 Å². The Hall–Kier alpha value is -3.92. The highest BCUT2D eigenvalue weighted by atomic mass is 19.4. The molecule has 2 heterocycles. The molecule has 7 nitrogen and oxygen atoms in total. The summed E-state index contributed by atoms with van der Waals surface area (Å²) in [7, 11) is 0. The van der Waals surface area contributed by atoms with Gasteiger partial charge in [-0.3, -0.25) is 15.4 Å². The summed E-state index contributed by atoms with van der Waals surface area (Å²) >= 11 is 0. The van der Waals surface area contributed by atoms with Crippen LogP contribution >= 0.6 is 0 Å². The van der Waals surface area contributed by atoms with E-state index in [4.69, 9.17) is 10.1 Å². The van der Waals surface area contributed by atoms with Gasteiger partial charge in [-0.15, -0.1) is 0 Å². The number of nitrogens with zero attached hydrogens (tertiary/aromatic N) is 1. The first-order valence-electron chi connectivity index (χ1n) is 12.7. The van der Waals surface area contributed by atoms with Crippen molar-refractivity contribution >= 4 is 23.8 Å². The maximum Gasteiger partial charge on any atom is 0.416 e. The van der Waals surface area contributed by atoms with Crippen LogP contribution in [0.25, 0.3) is 16.7 Å². The number of piperidine rings is 1. The SMILES string of the molecule is CC(C)(C)OC(=O)N1CCC(C2=CC(=O)NC(=C(C=N)c3ccc(-c4ccc(C(F)(F)F)cc4)cc3)[NH2+]2)CC1. The predicted molar refractivity (Wildman–Crippen MR) is 141 cm³/mol. The molecule has 0 saturated carbocycles. The van der Waals surface area contributed by atoms with Crippen LogP contribution < -0.4 is 10.6 Å². The van der Waals surface area contributed by atoms with E-state index in [1.165, 1.54) is 18.3 Å². The van der Waals surface area contributed by atoms with Crippen molar-refractivity contribution in [1.29, 1.82) is 5.41 Å². The number of amides is 2. The molecule has 1 saturated heterocycles. The highest BCUT2D eigenvalue weighted by Gasteiger charge is 2.33. The number of ether oxygens (including phenoxy) is 1. The smallest absolute Gasteiger partial charge is 0.416 e. The van der Waals surface area contributed by atoms with E-state index < -0.39 is 17.3 Å². The van der Waals surface area contributed by atoms with Gasteiger partial charge in [-0.1, -0.05) is 36.4 Å². The van der Waals surface area contributed by atoms with Crippen molar-refractivity contribution in [1.82, 2.24) is 10.2 Å². The number of nitrogens with two attached hydrogens (primary N) is 1. The molecular formula is C29H32F3N4O3+. The molecule has 0 bridgehead atoms. The summed E-state index contributed by atoms with van der Waals surface area (Å²) in [6.07, 6.45) is -0.628. The average molecular weight is 542 g/mol. The van der Waals surface area contributed by atoms with Crippen molar-refractivity contribution in [3.8, 4) is 11.1 Å². The molecule has 206 valence electrons. The summed E-state index contributed by atoms with van der Waals surface area (Å²) in [5.41, 5.74) is 2.15. The number of nitrogens with one attached hydrogen (secondary N) is 2. The van der Waals surface area contributed by atoms with Crippen molar-refractivity contribution in [3.63, 3.8) is 0 Å². The van der Waals surface area contributed by atoms with Crippen LogP contribution in [-0.2, 0) is 15.7 Å². The molecule has 2 aliphatic rings. The van der Waals surface area contributed by atoms with Gasteiger partial charge in [-0.25, -0.2) is 4.79 Å². The van der Waals surface area contributed by atoms with E-state index in [0.717, 1.165) is 23.4 Å². The first-order valence-corrected chi connectivity index (χ1v) is 12.7. The van der Waals surface area contributed by atoms with Gasteiger partial charge in [0.15, 0.2) is 0 Å². The lowest BCUT2D eigenvalue weighted by molar-refractivity contribution is -0.567. The molecule has 2 aromatic carbocycles. The summed E-state index contributed by atoms with van der Waals surface area (Å²) in [5.74, 6) is 0.306. The lowest BCUT2D eigenvalue weighted by Crippen LogP contribution is -2.86. The summed E-state index contributed by atoms with van der Waals surface area (Å²) in [6, 6.07) is 12.0. The van der Waals surface area contributed by atoms with E-state index in [0.29, 0.717) is 48.5 Å². The standard InChI is InChI=1S/C29H31F3N4O3/c1-28(2,3)39-27(38)36-14-12-21(13-15-36)24-16-25(37)35-26(34-24)23(17-33)20-6-4-18(5-7-20)19-8-10-22(11-9-19)29(30,31)32/h4-11,16-17,21,33-34H,12-15H2,1-3H3,(H,35,37)/p+1. The first kappa shape index (κ1) is 28.1. The van der Waals surface area contributed by atoms with Crippen LogP contribution in [0.15, 0.2) is 66.1 Å². The third kappa shape index (κ3) is 6.94. The molecule has 4 rings (SSSR count). The van der Waals surface area contributed by atoms with E-state index >= 15 is 0 Å². The number of quaternary nitrogens is 1. The minimum absolute atomic E-state index is 0.0822. The van der Waals surface area contributed by atoms with E-state index in [2.05, 4.69) is 5.32 Å². The van der Waals surface area contributed by atoms with Gasteiger partial charge in [0.05, 0.1) is 17.2 Å².